The maximum absolute atomic E-state index is 12.7. The molecule has 1 saturated heterocycles. The molecule has 1 saturated carbocycles. The summed E-state index contributed by atoms with van der Waals surface area (Å²) in [5.41, 5.74) is -0.0140. The molecule has 0 aromatic heterocycles. The Labute approximate surface area is 128 Å². The third-order valence-corrected chi connectivity index (χ3v) is 4.62. The fourth-order valence-electron chi connectivity index (χ4n) is 3.28. The van der Waals surface area contributed by atoms with Crippen LogP contribution in [0.5, 0.6) is 0 Å². The Balaban J connectivity index is 1.73. The fourth-order valence-corrected chi connectivity index (χ4v) is 3.28. The molecule has 0 unspecified atom stereocenters. The normalized spacial score (nSPS) is 28.0. The first kappa shape index (κ1) is 14.6. The van der Waals surface area contributed by atoms with Crippen LogP contribution in [0.4, 0.5) is 4.79 Å². The molecule has 1 spiro atoms. The number of carboxylic acid groups (broad SMARTS) is 1. The van der Waals surface area contributed by atoms with Crippen LogP contribution in [0.15, 0.2) is 30.3 Å². The van der Waals surface area contributed by atoms with Gasteiger partial charge in [0.05, 0.1) is 12.5 Å². The maximum Gasteiger partial charge on any atom is 0.325 e. The van der Waals surface area contributed by atoms with Crippen LogP contribution in [0.3, 0.4) is 0 Å². The first-order valence-corrected chi connectivity index (χ1v) is 7.43. The molecule has 2 fully saturated rings. The first-order chi connectivity index (χ1) is 10.5. The molecular weight excluding hydrogens is 284 g/mol. The van der Waals surface area contributed by atoms with Crippen molar-refractivity contribution in [3.8, 4) is 0 Å². The maximum atomic E-state index is 12.7. The molecule has 0 bridgehead atoms. The van der Waals surface area contributed by atoms with Gasteiger partial charge in [-0.1, -0.05) is 30.3 Å². The monoisotopic (exact) mass is 302 g/mol. The zero-order chi connectivity index (χ0) is 15.7. The number of nitrogens with zero attached hydrogens (tertiary/aromatic N) is 1. The number of carboxylic acids is 1. The molecule has 2 aliphatic rings. The molecule has 0 radical (unpaired) electrons. The number of aliphatic carboxylic acids is 1. The topological polar surface area (TPSA) is 86.7 Å². The van der Waals surface area contributed by atoms with Crippen LogP contribution in [0.25, 0.3) is 0 Å². The van der Waals surface area contributed by atoms with Gasteiger partial charge >= 0.3 is 12.0 Å². The summed E-state index contributed by atoms with van der Waals surface area (Å²) < 4.78 is 0. The highest BCUT2D eigenvalue weighted by Crippen LogP contribution is 2.37. The van der Waals surface area contributed by atoms with E-state index in [-0.39, 0.29) is 18.5 Å². The van der Waals surface area contributed by atoms with Crippen molar-refractivity contribution < 1.29 is 19.5 Å². The Morgan fingerprint density at radius 2 is 1.86 bits per heavy atom. The van der Waals surface area contributed by atoms with E-state index in [1.54, 1.807) is 0 Å². The average molecular weight is 302 g/mol. The van der Waals surface area contributed by atoms with E-state index < -0.39 is 17.4 Å². The van der Waals surface area contributed by atoms with Crippen molar-refractivity contribution in [3.05, 3.63) is 35.9 Å². The number of carbonyl (C=O) groups excluding carboxylic acids is 2. The first-order valence-electron chi connectivity index (χ1n) is 7.43. The van der Waals surface area contributed by atoms with Crippen LogP contribution in [0.2, 0.25) is 0 Å². The predicted octanol–water partition coefficient (Wildman–Crippen LogP) is 1.75. The highest BCUT2D eigenvalue weighted by Gasteiger charge is 2.52. The lowest BCUT2D eigenvalue weighted by atomic mass is 9.76. The van der Waals surface area contributed by atoms with Gasteiger partial charge in [0.25, 0.3) is 5.91 Å². The summed E-state index contributed by atoms with van der Waals surface area (Å²) in [5.74, 6) is -1.48. The lowest BCUT2D eigenvalue weighted by Gasteiger charge is -2.33. The number of benzene rings is 1. The molecule has 1 aliphatic heterocycles. The lowest BCUT2D eigenvalue weighted by Crippen LogP contribution is -2.50. The third-order valence-electron chi connectivity index (χ3n) is 4.62. The average Bonchev–Trinajstić information content (AvgIpc) is 2.73. The van der Waals surface area contributed by atoms with Crippen molar-refractivity contribution in [2.75, 3.05) is 0 Å². The van der Waals surface area contributed by atoms with Gasteiger partial charge in [-0.3, -0.25) is 14.5 Å². The van der Waals surface area contributed by atoms with Gasteiger partial charge in [-0.15, -0.1) is 0 Å². The van der Waals surface area contributed by atoms with Crippen LogP contribution in [-0.2, 0) is 16.1 Å². The minimum atomic E-state index is -0.905. The molecule has 1 aromatic carbocycles. The van der Waals surface area contributed by atoms with Gasteiger partial charge in [0, 0.05) is 0 Å². The second kappa shape index (κ2) is 5.44. The largest absolute Gasteiger partial charge is 0.481 e. The van der Waals surface area contributed by atoms with Gasteiger partial charge < -0.3 is 10.4 Å². The van der Waals surface area contributed by atoms with Gasteiger partial charge in [0.1, 0.15) is 5.54 Å². The Hall–Kier alpha value is -2.37. The van der Waals surface area contributed by atoms with E-state index in [1.165, 1.54) is 4.90 Å². The summed E-state index contributed by atoms with van der Waals surface area (Å²) >= 11 is 0. The van der Waals surface area contributed by atoms with Crippen LogP contribution >= 0.6 is 0 Å². The highest BCUT2D eigenvalue weighted by atomic mass is 16.4. The minimum absolute atomic E-state index is 0.231. The molecule has 2 N–H and O–H groups in total. The standard InChI is InChI=1S/C16H18N2O4/c19-13(20)12-6-8-16(9-7-12)14(21)18(15(22)17-16)10-11-4-2-1-3-5-11/h1-5,12H,6-10H2,(H,17,22)(H,19,20). The van der Waals surface area contributed by atoms with E-state index in [1.807, 2.05) is 30.3 Å². The third kappa shape index (κ3) is 2.45. The quantitative estimate of drug-likeness (QED) is 0.833. The van der Waals surface area contributed by atoms with Crippen LogP contribution in [-0.4, -0.2) is 33.5 Å². The molecule has 116 valence electrons. The van der Waals surface area contributed by atoms with Crippen LogP contribution < -0.4 is 5.32 Å². The zero-order valence-electron chi connectivity index (χ0n) is 12.1. The fraction of sp³-hybridized carbons (Fsp3) is 0.438. The summed E-state index contributed by atoms with van der Waals surface area (Å²) in [4.78, 5) is 37.1. The summed E-state index contributed by atoms with van der Waals surface area (Å²) in [6.45, 7) is 0.246. The van der Waals surface area contributed by atoms with Crippen molar-refractivity contribution in [3.63, 3.8) is 0 Å². The molecule has 3 rings (SSSR count). The van der Waals surface area contributed by atoms with Crippen molar-refractivity contribution >= 4 is 17.9 Å². The summed E-state index contributed by atoms with van der Waals surface area (Å²) in [5, 5.41) is 11.8. The van der Waals surface area contributed by atoms with Crippen LogP contribution in [0, 0.1) is 5.92 Å². The van der Waals surface area contributed by atoms with Crippen LogP contribution in [0.1, 0.15) is 31.2 Å². The van der Waals surface area contributed by atoms with Crippen molar-refractivity contribution in [2.24, 2.45) is 5.92 Å². The molecule has 6 heteroatoms. The second-order valence-electron chi connectivity index (χ2n) is 6.00. The van der Waals surface area contributed by atoms with E-state index in [0.29, 0.717) is 25.7 Å². The smallest absolute Gasteiger partial charge is 0.325 e. The molecule has 22 heavy (non-hydrogen) atoms. The molecule has 6 nitrogen and oxygen atoms in total. The molecule has 1 aromatic rings. The molecule has 1 aliphatic carbocycles. The summed E-state index contributed by atoms with van der Waals surface area (Å²) in [7, 11) is 0. The molecule has 3 amide bonds. The summed E-state index contributed by atoms with van der Waals surface area (Å²) in [6.07, 6.45) is 1.61. The number of carbonyl (C=O) groups is 3. The Morgan fingerprint density at radius 3 is 2.45 bits per heavy atom. The molecular formula is C16H18N2O4. The zero-order valence-corrected chi connectivity index (χ0v) is 12.1. The minimum Gasteiger partial charge on any atom is -0.481 e. The number of amides is 3. The lowest BCUT2D eigenvalue weighted by molar-refractivity contribution is -0.145. The number of rotatable bonds is 3. The number of nitrogens with one attached hydrogen (secondary N) is 1. The second-order valence-corrected chi connectivity index (χ2v) is 6.00. The van der Waals surface area contributed by atoms with Gasteiger partial charge in [0.2, 0.25) is 0 Å². The predicted molar refractivity (Wildman–Crippen MR) is 77.8 cm³/mol. The van der Waals surface area contributed by atoms with E-state index in [2.05, 4.69) is 5.32 Å². The van der Waals surface area contributed by atoms with Crippen molar-refractivity contribution in [1.29, 1.82) is 0 Å². The SMILES string of the molecule is O=C(O)C1CCC2(CC1)NC(=O)N(Cc1ccccc1)C2=O. The molecule has 1 heterocycles. The highest BCUT2D eigenvalue weighted by molar-refractivity contribution is 6.07. The van der Waals surface area contributed by atoms with E-state index in [9.17, 15) is 14.4 Å². The number of hydrogen-bond acceptors (Lipinski definition) is 3. The van der Waals surface area contributed by atoms with Gasteiger partial charge in [0.15, 0.2) is 0 Å². The molecule has 0 atom stereocenters. The van der Waals surface area contributed by atoms with Gasteiger partial charge in [-0.25, -0.2) is 4.79 Å². The number of hydrogen-bond donors (Lipinski definition) is 2. The van der Waals surface area contributed by atoms with E-state index in [4.69, 9.17) is 5.11 Å². The van der Waals surface area contributed by atoms with Gasteiger partial charge in [-0.05, 0) is 31.2 Å². The number of urea groups is 1. The van der Waals surface area contributed by atoms with E-state index >= 15 is 0 Å². The summed E-state index contributed by atoms with van der Waals surface area (Å²) in [6, 6.07) is 8.95. The van der Waals surface area contributed by atoms with E-state index in [0.717, 1.165) is 5.56 Å². The Kier molecular flexibility index (Phi) is 3.60. The Bertz CT molecular complexity index is 606. The Morgan fingerprint density at radius 1 is 1.23 bits per heavy atom. The van der Waals surface area contributed by atoms with Crippen molar-refractivity contribution in [2.45, 2.75) is 37.8 Å². The number of imide groups is 1. The van der Waals surface area contributed by atoms with Gasteiger partial charge in [-0.2, -0.15) is 0 Å². The van der Waals surface area contributed by atoms with Crippen molar-refractivity contribution in [1.82, 2.24) is 10.2 Å².